The molecule has 0 atom stereocenters. The summed E-state index contributed by atoms with van der Waals surface area (Å²) in [5.74, 6) is -0.456. The first-order valence-electron chi connectivity index (χ1n) is 3.15. The largest absolute Gasteiger partial charge is 1.00 e. The summed E-state index contributed by atoms with van der Waals surface area (Å²) in [5.41, 5.74) is 0. The molecule has 0 radical (unpaired) electrons. The fourth-order valence-corrected chi connectivity index (χ4v) is 0.102. The maximum Gasteiger partial charge on any atom is 1.00 e. The molecule has 1 N–H and O–H groups in total. The molecule has 0 aromatic rings. The van der Waals surface area contributed by atoms with E-state index in [2.05, 4.69) is 11.9 Å². The topological polar surface area (TPSA) is 86.3 Å². The summed E-state index contributed by atoms with van der Waals surface area (Å²) in [5, 5.41) is 2.36. The summed E-state index contributed by atoms with van der Waals surface area (Å²) >= 11 is 0. The van der Waals surface area contributed by atoms with Gasteiger partial charge in [-0.15, -0.1) is 0 Å². The standard InChI is InChI=1S/C4H7NO.C2H6O3S.Na/c1-3-4(6)5-2;1-2-6(3,4)5;/h3H,1H2,2H3,(H,5,6);2H2,1H3,(H,3,4,5);/q;;+1/p-1. The quantitative estimate of drug-likeness (QED) is 0.295. The van der Waals surface area contributed by atoms with E-state index in [1.807, 2.05) is 0 Å². The van der Waals surface area contributed by atoms with Gasteiger partial charge >= 0.3 is 29.6 Å². The molecule has 0 aliphatic heterocycles. The molecular weight excluding hydrogens is 205 g/mol. The Morgan fingerprint density at radius 2 is 1.92 bits per heavy atom. The van der Waals surface area contributed by atoms with E-state index in [4.69, 9.17) is 0 Å². The van der Waals surface area contributed by atoms with Gasteiger partial charge in [-0.25, -0.2) is 8.42 Å². The van der Waals surface area contributed by atoms with Crippen molar-refractivity contribution >= 4 is 16.0 Å². The van der Waals surface area contributed by atoms with E-state index in [9.17, 15) is 17.8 Å². The van der Waals surface area contributed by atoms with Crippen LogP contribution in [0.5, 0.6) is 0 Å². The van der Waals surface area contributed by atoms with Crippen LogP contribution in [-0.2, 0) is 14.9 Å². The Morgan fingerprint density at radius 1 is 1.62 bits per heavy atom. The summed E-state index contributed by atoms with van der Waals surface area (Å²) in [6.45, 7) is 4.53. The summed E-state index contributed by atoms with van der Waals surface area (Å²) in [7, 11) is -2.35. The minimum atomic E-state index is -3.91. The maximum atomic E-state index is 9.95. The van der Waals surface area contributed by atoms with Gasteiger partial charge in [-0.1, -0.05) is 13.5 Å². The second kappa shape index (κ2) is 10.2. The Bertz CT molecular complexity index is 237. The summed E-state index contributed by atoms with van der Waals surface area (Å²) in [6.07, 6.45) is 1.22. The van der Waals surface area contributed by atoms with Crippen LogP contribution in [0.2, 0.25) is 0 Å². The molecule has 13 heavy (non-hydrogen) atoms. The molecule has 0 spiro atoms. The second-order valence-electron chi connectivity index (χ2n) is 1.66. The van der Waals surface area contributed by atoms with Gasteiger partial charge in [-0.2, -0.15) is 0 Å². The number of nitrogens with one attached hydrogen (secondary N) is 1. The van der Waals surface area contributed by atoms with Gasteiger partial charge in [-0.3, -0.25) is 4.79 Å². The number of carbonyl (C=O) groups is 1. The first kappa shape index (κ1) is 18.8. The molecule has 0 saturated carbocycles. The zero-order chi connectivity index (χ0) is 10.2. The minimum Gasteiger partial charge on any atom is -0.748 e. The van der Waals surface area contributed by atoms with E-state index >= 15 is 0 Å². The predicted octanol–water partition coefficient (Wildman–Crippen LogP) is -3.53. The molecule has 0 aromatic heterocycles. The van der Waals surface area contributed by atoms with E-state index in [0.717, 1.165) is 0 Å². The molecule has 0 unspecified atom stereocenters. The van der Waals surface area contributed by atoms with Crippen LogP contribution in [-0.4, -0.2) is 31.7 Å². The van der Waals surface area contributed by atoms with Crippen LogP contribution in [0, 0.1) is 0 Å². The Morgan fingerprint density at radius 3 is 1.92 bits per heavy atom. The van der Waals surface area contributed by atoms with Crippen LogP contribution in [0.15, 0.2) is 12.7 Å². The molecule has 0 fully saturated rings. The Labute approximate surface area is 101 Å². The van der Waals surface area contributed by atoms with Gasteiger partial charge in [0.2, 0.25) is 5.91 Å². The maximum absolute atomic E-state index is 9.95. The summed E-state index contributed by atoms with van der Waals surface area (Å²) in [4.78, 5) is 9.95. The van der Waals surface area contributed by atoms with Crippen molar-refractivity contribution in [2.75, 3.05) is 12.8 Å². The van der Waals surface area contributed by atoms with Crippen molar-refractivity contribution in [1.29, 1.82) is 0 Å². The number of hydrogen-bond donors (Lipinski definition) is 1. The molecule has 0 saturated heterocycles. The molecule has 5 nitrogen and oxygen atoms in total. The monoisotopic (exact) mass is 217 g/mol. The van der Waals surface area contributed by atoms with Crippen molar-refractivity contribution in [1.82, 2.24) is 5.32 Å². The van der Waals surface area contributed by atoms with Gasteiger partial charge in [0.25, 0.3) is 0 Å². The summed E-state index contributed by atoms with van der Waals surface area (Å²) in [6, 6.07) is 0. The third-order valence-corrected chi connectivity index (χ3v) is 1.49. The molecule has 0 aromatic carbocycles. The zero-order valence-electron chi connectivity index (χ0n) is 8.03. The van der Waals surface area contributed by atoms with Crippen molar-refractivity contribution in [2.45, 2.75) is 6.92 Å². The van der Waals surface area contributed by atoms with Crippen molar-refractivity contribution in [2.24, 2.45) is 0 Å². The average molecular weight is 217 g/mol. The summed E-state index contributed by atoms with van der Waals surface area (Å²) < 4.78 is 28.3. The smallest absolute Gasteiger partial charge is 0.748 e. The van der Waals surface area contributed by atoms with E-state index in [1.54, 1.807) is 7.05 Å². The fraction of sp³-hybridized carbons (Fsp3) is 0.500. The molecule has 0 bridgehead atoms. The van der Waals surface area contributed by atoms with E-state index < -0.39 is 10.1 Å². The van der Waals surface area contributed by atoms with Crippen molar-refractivity contribution in [3.63, 3.8) is 0 Å². The molecule has 0 rings (SSSR count). The van der Waals surface area contributed by atoms with Crippen LogP contribution >= 0.6 is 0 Å². The normalized spacial score (nSPS) is 8.54. The van der Waals surface area contributed by atoms with Gasteiger partial charge in [0.1, 0.15) is 0 Å². The van der Waals surface area contributed by atoms with E-state index in [1.165, 1.54) is 13.0 Å². The minimum absolute atomic E-state index is 0. The van der Waals surface area contributed by atoms with Gasteiger partial charge in [-0.05, 0) is 6.08 Å². The number of hydrogen-bond acceptors (Lipinski definition) is 4. The Balaban J connectivity index is -0.000000143. The second-order valence-corrected chi connectivity index (χ2v) is 3.36. The van der Waals surface area contributed by atoms with E-state index in [-0.39, 0.29) is 41.2 Å². The molecule has 7 heteroatoms. The third kappa shape index (κ3) is 24.5. The van der Waals surface area contributed by atoms with Gasteiger partial charge in [0.15, 0.2) is 0 Å². The molecule has 0 heterocycles. The van der Waals surface area contributed by atoms with Crippen molar-refractivity contribution < 1.29 is 47.3 Å². The number of likely N-dealkylation sites (N-methyl/N-ethyl adjacent to an activating group) is 1. The van der Waals surface area contributed by atoms with Crippen molar-refractivity contribution in [3.8, 4) is 0 Å². The average Bonchev–Trinajstić information content (AvgIpc) is 2.03. The van der Waals surface area contributed by atoms with Gasteiger partial charge in [0, 0.05) is 12.8 Å². The van der Waals surface area contributed by atoms with Gasteiger partial charge < -0.3 is 9.87 Å². The van der Waals surface area contributed by atoms with Crippen molar-refractivity contribution in [3.05, 3.63) is 12.7 Å². The SMILES string of the molecule is C=CC(=O)NC.CCS(=O)(=O)[O-].[Na+]. The molecule has 72 valence electrons. The molecule has 1 amide bonds. The van der Waals surface area contributed by atoms with Crippen LogP contribution in [0.3, 0.4) is 0 Å². The molecule has 0 aliphatic carbocycles. The predicted molar refractivity (Wildman–Crippen MR) is 44.5 cm³/mol. The number of amides is 1. The zero-order valence-corrected chi connectivity index (χ0v) is 10.8. The Hall–Kier alpha value is 0.120. The molecular formula is C6H12NNaO4S. The first-order chi connectivity index (χ1) is 5.37. The van der Waals surface area contributed by atoms with Crippen LogP contribution in [0.4, 0.5) is 0 Å². The first-order valence-corrected chi connectivity index (χ1v) is 4.72. The number of carbonyl (C=O) groups excluding carboxylic acids is 1. The number of rotatable bonds is 2. The van der Waals surface area contributed by atoms with Crippen LogP contribution in [0.25, 0.3) is 0 Å². The Kier molecular flexibility index (Phi) is 14.8. The molecule has 0 aliphatic rings. The van der Waals surface area contributed by atoms with Gasteiger partial charge in [0.05, 0.1) is 10.1 Å². The fourth-order valence-electron chi connectivity index (χ4n) is 0.102. The third-order valence-electron chi connectivity index (χ3n) is 0.785. The van der Waals surface area contributed by atoms with E-state index in [0.29, 0.717) is 0 Å². The van der Waals surface area contributed by atoms with Crippen LogP contribution < -0.4 is 34.9 Å². The van der Waals surface area contributed by atoms with Crippen LogP contribution in [0.1, 0.15) is 6.92 Å².